The van der Waals surface area contributed by atoms with Crippen molar-refractivity contribution in [2.75, 3.05) is 34.9 Å². The molecule has 3 N–H and O–H groups in total. The minimum atomic E-state index is 0.458. The number of hydrogen-bond acceptors (Lipinski definition) is 2. The van der Waals surface area contributed by atoms with Crippen LogP contribution in [0.5, 0.6) is 11.5 Å². The van der Waals surface area contributed by atoms with Gasteiger partial charge >= 0.3 is 0 Å². The van der Waals surface area contributed by atoms with Crippen LogP contribution >= 0.6 is 0 Å². The van der Waals surface area contributed by atoms with Gasteiger partial charge in [-0.1, -0.05) is 12.2 Å². The minimum Gasteiger partial charge on any atom is -0.493 e. The molecule has 0 radical (unpaired) electrons. The number of nitrogens with one attached hydrogen (secondary N) is 1. The lowest BCUT2D eigenvalue weighted by atomic mass is 9.71. The smallest absolute Gasteiger partial charge is 0.162 e. The Hall–Kier alpha value is -1.52. The van der Waals surface area contributed by atoms with Gasteiger partial charge in [0.25, 0.3) is 0 Å². The summed E-state index contributed by atoms with van der Waals surface area (Å²) in [4.78, 5) is 1.45. The topological polar surface area (TPSA) is 39.5 Å². The summed E-state index contributed by atoms with van der Waals surface area (Å²) in [6.07, 6.45) is 7.47. The van der Waals surface area contributed by atoms with Crippen LogP contribution in [0.1, 0.15) is 24.4 Å². The molecule has 2 aliphatic carbocycles. The number of benzene rings is 1. The molecule has 126 valence electrons. The van der Waals surface area contributed by atoms with Crippen molar-refractivity contribution in [3.63, 3.8) is 0 Å². The molecule has 0 spiro atoms. The first-order chi connectivity index (χ1) is 11.1. The van der Waals surface area contributed by atoms with Gasteiger partial charge in [-0.15, -0.1) is 0 Å². The first-order valence-electron chi connectivity index (χ1n) is 8.66. The molecule has 0 aliphatic heterocycles. The summed E-state index contributed by atoms with van der Waals surface area (Å²) in [6, 6.07) is 7.55. The van der Waals surface area contributed by atoms with Crippen molar-refractivity contribution < 1.29 is 19.7 Å². The van der Waals surface area contributed by atoms with Crippen molar-refractivity contribution in [3.05, 3.63) is 35.9 Å². The number of methoxy groups -OCH3 is 2. The number of quaternary nitrogens is 2. The molecule has 0 aromatic heterocycles. The summed E-state index contributed by atoms with van der Waals surface area (Å²) >= 11 is 0. The molecular formula is C19H30N2O2+2. The molecule has 1 aromatic carbocycles. The molecule has 0 unspecified atom stereocenters. The first-order valence-corrected chi connectivity index (χ1v) is 8.66. The second-order valence-electron chi connectivity index (χ2n) is 7.12. The van der Waals surface area contributed by atoms with Gasteiger partial charge in [-0.3, -0.25) is 0 Å². The van der Waals surface area contributed by atoms with Gasteiger partial charge in [0, 0.05) is 17.9 Å². The fourth-order valence-corrected chi connectivity index (χ4v) is 4.12. The van der Waals surface area contributed by atoms with Crippen LogP contribution in [0, 0.1) is 11.8 Å². The third-order valence-electron chi connectivity index (χ3n) is 5.59. The molecule has 0 amide bonds. The van der Waals surface area contributed by atoms with Gasteiger partial charge in [-0.2, -0.15) is 0 Å². The number of nitrogens with two attached hydrogens (primary N) is 1. The Morgan fingerprint density at radius 2 is 2.00 bits per heavy atom. The number of hydrogen-bond donors (Lipinski definition) is 2. The van der Waals surface area contributed by atoms with Gasteiger partial charge in [-0.05, 0) is 30.5 Å². The van der Waals surface area contributed by atoms with Crippen molar-refractivity contribution in [2.24, 2.45) is 11.8 Å². The number of likely N-dealkylation sites (N-methyl/N-ethyl adjacent to an activating group) is 1. The second-order valence-corrected chi connectivity index (χ2v) is 7.12. The molecule has 23 heavy (non-hydrogen) atoms. The van der Waals surface area contributed by atoms with Crippen LogP contribution in [0.2, 0.25) is 0 Å². The van der Waals surface area contributed by atoms with Gasteiger partial charge in [0.1, 0.15) is 6.54 Å². The van der Waals surface area contributed by atoms with Crippen LogP contribution in [-0.4, -0.2) is 40.9 Å². The van der Waals surface area contributed by atoms with E-state index in [9.17, 15) is 0 Å². The van der Waals surface area contributed by atoms with Gasteiger partial charge in [0.15, 0.2) is 17.5 Å². The lowest BCUT2D eigenvalue weighted by Gasteiger charge is -2.38. The molecule has 2 aliphatic rings. The van der Waals surface area contributed by atoms with E-state index in [1.165, 1.54) is 23.3 Å². The lowest BCUT2D eigenvalue weighted by Crippen LogP contribution is -3.10. The van der Waals surface area contributed by atoms with Crippen LogP contribution in [0.4, 0.5) is 0 Å². The van der Waals surface area contributed by atoms with E-state index >= 15 is 0 Å². The Labute approximate surface area is 139 Å². The van der Waals surface area contributed by atoms with Crippen LogP contribution in [-0.2, 0) is 0 Å². The minimum absolute atomic E-state index is 0.458. The van der Waals surface area contributed by atoms with E-state index in [4.69, 9.17) is 9.47 Å². The van der Waals surface area contributed by atoms with E-state index in [0.29, 0.717) is 6.04 Å². The number of ether oxygens (including phenoxy) is 2. The molecule has 3 rings (SSSR count). The Kier molecular flexibility index (Phi) is 4.93. The molecule has 1 aromatic rings. The zero-order valence-corrected chi connectivity index (χ0v) is 14.7. The maximum atomic E-state index is 5.47. The Bertz CT molecular complexity index is 570. The van der Waals surface area contributed by atoms with Gasteiger partial charge < -0.3 is 19.7 Å². The summed E-state index contributed by atoms with van der Waals surface area (Å²) in [7, 11) is 7.84. The summed E-state index contributed by atoms with van der Waals surface area (Å²) in [6.45, 7) is 1.11. The summed E-state index contributed by atoms with van der Waals surface area (Å²) in [5.41, 5.74) is 1.32. The molecule has 4 heteroatoms. The zero-order chi connectivity index (χ0) is 16.4. The summed E-state index contributed by atoms with van der Waals surface area (Å²) in [5, 5.41) is 2.56. The highest BCUT2D eigenvalue weighted by molar-refractivity contribution is 5.43. The summed E-state index contributed by atoms with van der Waals surface area (Å²) < 4.78 is 10.8. The normalized spacial score (nSPS) is 26.7. The lowest BCUT2D eigenvalue weighted by molar-refractivity contribution is -0.912. The van der Waals surface area contributed by atoms with Crippen LogP contribution in [0.25, 0.3) is 0 Å². The van der Waals surface area contributed by atoms with Crippen LogP contribution in [0.3, 0.4) is 0 Å². The maximum absolute atomic E-state index is 5.47. The fraction of sp³-hybridized carbons (Fsp3) is 0.579. The molecular weight excluding hydrogens is 288 g/mol. The molecule has 4 nitrogen and oxygen atoms in total. The highest BCUT2D eigenvalue weighted by Gasteiger charge is 2.44. The van der Waals surface area contributed by atoms with Crippen molar-refractivity contribution in [3.8, 4) is 11.5 Å². The molecule has 4 atom stereocenters. The van der Waals surface area contributed by atoms with E-state index in [-0.39, 0.29) is 0 Å². The number of fused-ring (bicyclic) bond motifs is 1. The largest absolute Gasteiger partial charge is 0.493 e. The van der Waals surface area contributed by atoms with Gasteiger partial charge in [0.05, 0.1) is 34.4 Å². The zero-order valence-electron chi connectivity index (χ0n) is 14.7. The predicted molar refractivity (Wildman–Crippen MR) is 91.0 cm³/mol. The molecule has 0 bridgehead atoms. The van der Waals surface area contributed by atoms with E-state index in [1.807, 2.05) is 6.07 Å². The molecule has 1 fully saturated rings. The third-order valence-corrected chi connectivity index (χ3v) is 5.59. The summed E-state index contributed by atoms with van der Waals surface area (Å²) in [5.74, 6) is 3.37. The van der Waals surface area contributed by atoms with E-state index in [2.05, 4.69) is 43.7 Å². The Morgan fingerprint density at radius 1 is 1.22 bits per heavy atom. The number of allylic oxidation sites excluding steroid dienone is 1. The fourth-order valence-electron chi connectivity index (χ4n) is 4.12. The second kappa shape index (κ2) is 6.93. The van der Waals surface area contributed by atoms with E-state index in [0.717, 1.165) is 35.9 Å². The monoisotopic (exact) mass is 318 g/mol. The highest BCUT2D eigenvalue weighted by atomic mass is 16.5. The third kappa shape index (κ3) is 3.24. The average Bonchev–Trinajstić information content (AvgIpc) is 2.91. The van der Waals surface area contributed by atoms with Crippen LogP contribution < -0.4 is 19.7 Å². The number of rotatable bonds is 7. The first kappa shape index (κ1) is 16.3. The van der Waals surface area contributed by atoms with Crippen molar-refractivity contribution in [2.45, 2.75) is 24.9 Å². The SMILES string of the molecule is COc1ccc([C@@H](C[NH2+][C@@H]2C[C@H]3CC=C[C@@H]32)[NH+](C)C)cc1OC. The quantitative estimate of drug-likeness (QED) is 0.715. The standard InChI is InChI=1S/C19H28N2O2/c1-21(2)17(12-20-16-10-13-6-5-7-15(13)16)14-8-9-18(22-3)19(11-14)23-4/h5,7-9,11,13,15-17,20H,6,10,12H2,1-4H3/p+2/t13-,15+,16-,17-/m1/s1. The van der Waals surface area contributed by atoms with Gasteiger partial charge in [0.2, 0.25) is 0 Å². The van der Waals surface area contributed by atoms with Crippen LogP contribution in [0.15, 0.2) is 30.4 Å². The molecule has 0 heterocycles. The van der Waals surface area contributed by atoms with Crippen molar-refractivity contribution in [1.29, 1.82) is 0 Å². The Morgan fingerprint density at radius 3 is 2.65 bits per heavy atom. The van der Waals surface area contributed by atoms with E-state index < -0.39 is 0 Å². The van der Waals surface area contributed by atoms with Crippen molar-refractivity contribution >= 4 is 0 Å². The highest BCUT2D eigenvalue weighted by Crippen LogP contribution is 2.40. The predicted octanol–water partition coefficient (Wildman–Crippen LogP) is 0.417. The Balaban J connectivity index is 1.67. The molecule has 1 saturated carbocycles. The van der Waals surface area contributed by atoms with Crippen molar-refractivity contribution in [1.82, 2.24) is 0 Å². The average molecular weight is 318 g/mol. The molecule has 0 saturated heterocycles. The maximum Gasteiger partial charge on any atom is 0.162 e. The van der Waals surface area contributed by atoms with Gasteiger partial charge in [-0.25, -0.2) is 0 Å². The van der Waals surface area contributed by atoms with E-state index in [1.54, 1.807) is 14.2 Å².